The van der Waals surface area contributed by atoms with Gasteiger partial charge in [-0.25, -0.2) is 9.18 Å². The Balaban J connectivity index is 2.46. The van der Waals surface area contributed by atoms with Crippen molar-refractivity contribution in [2.45, 2.75) is 5.54 Å². The predicted molar refractivity (Wildman–Crippen MR) is 58.9 cm³/mol. The monoisotopic (exact) mass is 239 g/mol. The van der Waals surface area contributed by atoms with Crippen molar-refractivity contribution < 1.29 is 18.7 Å². The summed E-state index contributed by atoms with van der Waals surface area (Å²) in [6.45, 7) is 1.04. The maximum atomic E-state index is 13.8. The van der Waals surface area contributed by atoms with Crippen LogP contribution in [0.15, 0.2) is 24.3 Å². The molecule has 1 unspecified atom stereocenters. The van der Waals surface area contributed by atoms with E-state index in [0.717, 1.165) is 0 Å². The third-order valence-corrected chi connectivity index (χ3v) is 2.86. The molecule has 0 aromatic heterocycles. The summed E-state index contributed by atoms with van der Waals surface area (Å²) >= 11 is 0. The van der Waals surface area contributed by atoms with Crippen LogP contribution in [-0.2, 0) is 19.8 Å². The third-order valence-electron chi connectivity index (χ3n) is 2.86. The Labute approximate surface area is 98.7 Å². The predicted octanol–water partition coefficient (Wildman–Crippen LogP) is 0.814. The fraction of sp³-hybridized carbons (Fsp3) is 0.417. The van der Waals surface area contributed by atoms with E-state index in [2.05, 4.69) is 5.32 Å². The van der Waals surface area contributed by atoms with Crippen molar-refractivity contribution in [3.05, 3.63) is 35.6 Å². The lowest BCUT2D eigenvalue weighted by Gasteiger charge is -2.35. The largest absolute Gasteiger partial charge is 0.467 e. The zero-order valence-electron chi connectivity index (χ0n) is 9.53. The van der Waals surface area contributed by atoms with E-state index in [1.807, 2.05) is 0 Å². The quantitative estimate of drug-likeness (QED) is 0.776. The zero-order chi connectivity index (χ0) is 12.3. The highest BCUT2D eigenvalue weighted by atomic mass is 19.1. The summed E-state index contributed by atoms with van der Waals surface area (Å²) in [5.41, 5.74) is -0.982. The van der Waals surface area contributed by atoms with Crippen LogP contribution in [0.4, 0.5) is 4.39 Å². The SMILES string of the molecule is COC(=O)C1(c2ccccc2F)COCCN1. The first-order chi connectivity index (χ1) is 8.20. The van der Waals surface area contributed by atoms with E-state index < -0.39 is 17.3 Å². The van der Waals surface area contributed by atoms with Gasteiger partial charge in [0.25, 0.3) is 0 Å². The lowest BCUT2D eigenvalue weighted by Crippen LogP contribution is -2.57. The minimum atomic E-state index is -1.24. The summed E-state index contributed by atoms with van der Waals surface area (Å²) in [6, 6.07) is 6.14. The average Bonchev–Trinajstić information content (AvgIpc) is 2.39. The Morgan fingerprint density at radius 1 is 1.53 bits per heavy atom. The molecule has 0 bridgehead atoms. The topological polar surface area (TPSA) is 47.6 Å². The number of methoxy groups -OCH3 is 1. The molecule has 1 aliphatic rings. The maximum absolute atomic E-state index is 13.8. The van der Waals surface area contributed by atoms with Crippen LogP contribution in [0.2, 0.25) is 0 Å². The van der Waals surface area contributed by atoms with Gasteiger partial charge in [0.2, 0.25) is 0 Å². The summed E-state index contributed by atoms with van der Waals surface area (Å²) in [4.78, 5) is 11.9. The van der Waals surface area contributed by atoms with Gasteiger partial charge >= 0.3 is 5.97 Å². The Morgan fingerprint density at radius 3 is 2.88 bits per heavy atom. The van der Waals surface area contributed by atoms with E-state index >= 15 is 0 Å². The Morgan fingerprint density at radius 2 is 2.29 bits per heavy atom. The number of carbonyl (C=O) groups excluding carboxylic acids is 1. The number of nitrogens with one attached hydrogen (secondary N) is 1. The Bertz CT molecular complexity index is 416. The number of ether oxygens (including phenoxy) is 2. The lowest BCUT2D eigenvalue weighted by molar-refractivity contribution is -0.155. The summed E-state index contributed by atoms with van der Waals surface area (Å²) in [5.74, 6) is -0.988. The first-order valence-electron chi connectivity index (χ1n) is 5.37. The van der Waals surface area contributed by atoms with Crippen LogP contribution >= 0.6 is 0 Å². The van der Waals surface area contributed by atoms with Crippen LogP contribution in [0, 0.1) is 5.82 Å². The van der Waals surface area contributed by atoms with Crippen molar-refractivity contribution in [1.82, 2.24) is 5.32 Å². The van der Waals surface area contributed by atoms with Gasteiger partial charge < -0.3 is 9.47 Å². The standard InChI is InChI=1S/C12H14FNO3/c1-16-11(15)12(8-17-7-6-14-12)9-4-2-3-5-10(9)13/h2-5,14H,6-8H2,1H3. The smallest absolute Gasteiger partial charge is 0.333 e. The third kappa shape index (κ3) is 2.03. The van der Waals surface area contributed by atoms with Gasteiger partial charge in [-0.15, -0.1) is 0 Å². The number of halogens is 1. The van der Waals surface area contributed by atoms with Crippen LogP contribution < -0.4 is 5.32 Å². The van der Waals surface area contributed by atoms with Gasteiger partial charge in [-0.1, -0.05) is 18.2 Å². The number of morpholine rings is 1. The maximum Gasteiger partial charge on any atom is 0.333 e. The van der Waals surface area contributed by atoms with E-state index in [9.17, 15) is 9.18 Å². The molecule has 0 spiro atoms. The average molecular weight is 239 g/mol. The van der Waals surface area contributed by atoms with E-state index in [-0.39, 0.29) is 12.2 Å². The zero-order valence-corrected chi connectivity index (χ0v) is 9.53. The molecule has 1 N–H and O–H groups in total. The molecule has 1 fully saturated rings. The molecule has 1 saturated heterocycles. The van der Waals surface area contributed by atoms with Crippen molar-refractivity contribution in [2.24, 2.45) is 0 Å². The van der Waals surface area contributed by atoms with E-state index in [0.29, 0.717) is 13.2 Å². The molecule has 0 aliphatic carbocycles. The molecule has 1 aromatic carbocycles. The van der Waals surface area contributed by atoms with Crippen LogP contribution in [0.3, 0.4) is 0 Å². The van der Waals surface area contributed by atoms with Gasteiger partial charge in [0.05, 0.1) is 20.3 Å². The highest BCUT2D eigenvalue weighted by Crippen LogP contribution is 2.27. The summed E-state index contributed by atoms with van der Waals surface area (Å²) in [6.07, 6.45) is 0. The molecular weight excluding hydrogens is 225 g/mol. The molecule has 1 aliphatic heterocycles. The first kappa shape index (κ1) is 12.0. The summed E-state index contributed by atoms with van der Waals surface area (Å²) in [7, 11) is 1.28. The van der Waals surface area contributed by atoms with Crippen molar-refractivity contribution in [3.8, 4) is 0 Å². The summed E-state index contributed by atoms with van der Waals surface area (Å²) in [5, 5.41) is 3.00. The van der Waals surface area contributed by atoms with Crippen molar-refractivity contribution >= 4 is 5.97 Å². The second-order valence-electron chi connectivity index (χ2n) is 3.86. The number of benzene rings is 1. The molecule has 1 atom stereocenters. The second-order valence-corrected chi connectivity index (χ2v) is 3.86. The van der Waals surface area contributed by atoms with Gasteiger partial charge in [-0.2, -0.15) is 0 Å². The number of esters is 1. The fourth-order valence-electron chi connectivity index (χ4n) is 2.01. The van der Waals surface area contributed by atoms with Crippen molar-refractivity contribution in [2.75, 3.05) is 26.9 Å². The molecular formula is C12H14FNO3. The minimum Gasteiger partial charge on any atom is -0.467 e. The summed E-state index contributed by atoms with van der Waals surface area (Å²) < 4.78 is 23.9. The number of hydrogen-bond acceptors (Lipinski definition) is 4. The molecule has 92 valence electrons. The fourth-order valence-corrected chi connectivity index (χ4v) is 2.01. The molecule has 1 aromatic rings. The Kier molecular flexibility index (Phi) is 3.40. The van der Waals surface area contributed by atoms with Crippen LogP contribution in [0.1, 0.15) is 5.56 Å². The second kappa shape index (κ2) is 4.81. The molecule has 2 rings (SSSR count). The van der Waals surface area contributed by atoms with E-state index in [1.54, 1.807) is 18.2 Å². The van der Waals surface area contributed by atoms with Crippen molar-refractivity contribution in [1.29, 1.82) is 0 Å². The van der Waals surface area contributed by atoms with Crippen molar-refractivity contribution in [3.63, 3.8) is 0 Å². The number of carbonyl (C=O) groups is 1. The van der Waals surface area contributed by atoms with E-state index in [1.165, 1.54) is 13.2 Å². The van der Waals surface area contributed by atoms with Crippen LogP contribution in [-0.4, -0.2) is 32.8 Å². The number of rotatable bonds is 2. The normalized spacial score (nSPS) is 24.4. The molecule has 4 nitrogen and oxygen atoms in total. The number of hydrogen-bond donors (Lipinski definition) is 1. The molecule has 1 heterocycles. The molecule has 0 amide bonds. The highest BCUT2D eigenvalue weighted by molar-refractivity contribution is 5.83. The molecule has 17 heavy (non-hydrogen) atoms. The minimum absolute atomic E-state index is 0.0700. The molecule has 5 heteroatoms. The van der Waals surface area contributed by atoms with Gasteiger partial charge in [0.1, 0.15) is 5.82 Å². The van der Waals surface area contributed by atoms with Gasteiger partial charge in [-0.3, -0.25) is 5.32 Å². The van der Waals surface area contributed by atoms with Gasteiger partial charge in [-0.05, 0) is 6.07 Å². The first-order valence-corrected chi connectivity index (χ1v) is 5.37. The molecule has 0 saturated carbocycles. The Hall–Kier alpha value is -1.46. The van der Waals surface area contributed by atoms with Gasteiger partial charge in [0.15, 0.2) is 5.54 Å². The van der Waals surface area contributed by atoms with E-state index in [4.69, 9.17) is 9.47 Å². The molecule has 0 radical (unpaired) electrons. The van der Waals surface area contributed by atoms with Gasteiger partial charge in [0, 0.05) is 12.1 Å². The lowest BCUT2D eigenvalue weighted by atomic mass is 9.89. The van der Waals surface area contributed by atoms with Crippen LogP contribution in [0.25, 0.3) is 0 Å². The highest BCUT2D eigenvalue weighted by Gasteiger charge is 2.45. The van der Waals surface area contributed by atoms with Crippen LogP contribution in [0.5, 0.6) is 0 Å².